The normalized spacial score (nSPS) is 26.7. The largest absolute Gasteiger partial charge is 0.455 e. The molecule has 6 N–H and O–H groups in total. The fraction of sp³-hybridized carbons (Fsp3) is 0.522. The van der Waals surface area contributed by atoms with Gasteiger partial charge in [-0.05, 0) is 117 Å². The van der Waals surface area contributed by atoms with Gasteiger partial charge < -0.3 is 78.6 Å². The van der Waals surface area contributed by atoms with E-state index in [-0.39, 0.29) is 72.7 Å². The zero-order valence-electron chi connectivity index (χ0n) is 54.2. The van der Waals surface area contributed by atoms with Crippen molar-refractivity contribution in [2.75, 3.05) is 45.8 Å². The summed E-state index contributed by atoms with van der Waals surface area (Å²) in [6.45, 7) is 13.0. The van der Waals surface area contributed by atoms with Crippen LogP contribution in [0.2, 0.25) is 0 Å². The van der Waals surface area contributed by atoms with Crippen molar-refractivity contribution in [3.05, 3.63) is 106 Å². The topological polar surface area (TPSA) is 342 Å². The minimum absolute atomic E-state index is 0.0342. The SMILES string of the molecule is CC(=O)O[C@@]12CO[C@@H]1C[C@H](O)[C@@]1(C)C(=O)[C@H](O)C3=C(C)[C@@H](OC(=O)[C@H](OC(=O)N(C)CCC(=O)N4CCC(CCn5c(Sc6cc7c(cc6Br)OCO7)nc6c(N)ncnc65)CC4)[C@@H](NC(=O)OC(C)(C)C)c4ccccc4)C[C@@](O)([C@@H](OC(=O)c4ccccc4)[C@H]21)C3(C)C. The molecule has 5 aromatic rings. The molecule has 0 radical (unpaired) electrons. The molecule has 0 spiro atoms. The summed E-state index contributed by atoms with van der Waals surface area (Å²) in [6.07, 6.45) is -10.0. The van der Waals surface area contributed by atoms with Crippen LogP contribution < -0.4 is 20.5 Å². The van der Waals surface area contributed by atoms with Crippen LogP contribution in [-0.2, 0) is 54.1 Å². The van der Waals surface area contributed by atoms with Gasteiger partial charge >= 0.3 is 30.1 Å². The maximum atomic E-state index is 15.5. The zero-order valence-corrected chi connectivity index (χ0v) is 56.6. The number of ether oxygens (including phenoxy) is 8. The average molecular weight is 1400 g/mol. The Balaban J connectivity index is 0.836. The molecule has 26 nitrogen and oxygen atoms in total. The van der Waals surface area contributed by atoms with Crippen molar-refractivity contribution in [3.63, 3.8) is 0 Å². The van der Waals surface area contributed by atoms with Crippen LogP contribution in [0.25, 0.3) is 11.2 Å². The lowest BCUT2D eigenvalue weighted by Crippen LogP contribution is -2.81. The number of amides is 3. The van der Waals surface area contributed by atoms with Gasteiger partial charge in [0.15, 0.2) is 45.0 Å². The molecule has 2 bridgehead atoms. The van der Waals surface area contributed by atoms with E-state index < -0.39 is 119 Å². The van der Waals surface area contributed by atoms with Gasteiger partial charge in [0.05, 0.1) is 29.6 Å². The lowest BCUT2D eigenvalue weighted by Gasteiger charge is -2.67. The number of aryl methyl sites for hydroxylation is 1. The first kappa shape index (κ1) is 68.5. The Kier molecular flexibility index (Phi) is 19.2. The smallest absolute Gasteiger partial charge is 0.410 e. The monoisotopic (exact) mass is 1390 g/mol. The lowest BCUT2D eigenvalue weighted by atomic mass is 9.44. The number of carbonyl (C=O) groups is 7. The highest BCUT2D eigenvalue weighted by atomic mass is 79.9. The number of hydrogen-bond donors (Lipinski definition) is 5. The van der Waals surface area contributed by atoms with Crippen molar-refractivity contribution in [3.8, 4) is 11.5 Å². The molecule has 11 atom stereocenters. The Morgan fingerprint density at radius 2 is 1.63 bits per heavy atom. The second-order valence-electron chi connectivity index (χ2n) is 26.9. The summed E-state index contributed by atoms with van der Waals surface area (Å²) in [5.74, 6) is -4.16. The van der Waals surface area contributed by atoms with Crippen LogP contribution in [0.3, 0.4) is 0 Å². The lowest BCUT2D eigenvalue weighted by molar-refractivity contribution is -0.346. The quantitative estimate of drug-likeness (QED) is 0.0343. The van der Waals surface area contributed by atoms with Crippen LogP contribution in [0.4, 0.5) is 15.4 Å². The van der Waals surface area contributed by atoms with E-state index in [0.717, 1.165) is 27.6 Å². The van der Waals surface area contributed by atoms with E-state index >= 15 is 9.59 Å². The van der Waals surface area contributed by atoms with Gasteiger partial charge in [0.25, 0.3) is 0 Å². The molecule has 508 valence electrons. The number of aliphatic hydroxyl groups is 3. The number of alkyl carbamates (subject to hydrolysis) is 1. The first-order chi connectivity index (χ1) is 44.9. The summed E-state index contributed by atoms with van der Waals surface area (Å²) >= 11 is 5.08. The number of anilines is 1. The Morgan fingerprint density at radius 1 is 0.958 bits per heavy atom. The molecule has 95 heavy (non-hydrogen) atoms. The number of hydrogen-bond acceptors (Lipinski definition) is 23. The van der Waals surface area contributed by atoms with Crippen LogP contribution in [-0.4, -0.2) is 180 Å². The summed E-state index contributed by atoms with van der Waals surface area (Å²) in [5, 5.41) is 42.1. The van der Waals surface area contributed by atoms with Gasteiger partial charge in [-0.25, -0.2) is 34.1 Å². The van der Waals surface area contributed by atoms with Crippen LogP contribution in [0.1, 0.15) is 116 Å². The number of nitrogen functional groups attached to an aromatic ring is 1. The number of fused-ring (bicyclic) bond motifs is 7. The number of benzene rings is 3. The zero-order chi connectivity index (χ0) is 68.3. The maximum absolute atomic E-state index is 15.5. The van der Waals surface area contributed by atoms with Gasteiger partial charge in [0, 0.05) is 74.2 Å². The summed E-state index contributed by atoms with van der Waals surface area (Å²) in [7, 11) is 1.38. The molecule has 2 saturated carbocycles. The van der Waals surface area contributed by atoms with Gasteiger partial charge in [0.1, 0.15) is 48.0 Å². The molecule has 6 aliphatic rings. The minimum Gasteiger partial charge on any atom is -0.455 e. The molecule has 3 aromatic carbocycles. The molecule has 3 aliphatic heterocycles. The number of halogens is 1. The predicted molar refractivity (Wildman–Crippen MR) is 343 cm³/mol. The summed E-state index contributed by atoms with van der Waals surface area (Å²) in [6, 6.07) is 18.1. The molecular formula is C67H79BrN8O18S. The molecule has 3 amide bonds. The number of piperidine rings is 1. The number of esters is 3. The standard InChI is InChI=1S/C67H79BrN8O18S/c1-35-43(31-67(86)55(92-58(82)39-18-14-11-15-19-39)53-65(8,54(81)51(80)48(35)64(67,6)7)45(78)30-46-66(53,32-87-46)93-36(2)77)90-59(83)52(49(38-16-12-10-13-17-38)73-61(84)94-63(3,4)5)91-62(85)74(9)24-23-47(79)75-25-20-37(21-26-75)22-27-76-57-50(56(69)70-33-71-57)72-60(76)95-44-29-42-41(28-40(44)68)88-34-89-42/h10-19,28-29,33,37,43,45-46,49,51-53,55,78,80,86H,20-27,30-32,34H2,1-9H3,(H,73,84)(H2,69,70,71)/t43-,45-,46+,49-,51+,52+,53-,55-,65+,66-,67+/m0/s1. The van der Waals surface area contributed by atoms with E-state index in [1.165, 1.54) is 65.0 Å². The molecule has 2 saturated heterocycles. The number of imidazole rings is 1. The number of likely N-dealkylation sites (tertiary alicyclic amines) is 1. The highest BCUT2D eigenvalue weighted by Crippen LogP contribution is 2.64. The molecule has 5 heterocycles. The Labute approximate surface area is 561 Å². The molecule has 3 aliphatic carbocycles. The molecule has 28 heteroatoms. The van der Waals surface area contributed by atoms with Crippen molar-refractivity contribution in [2.24, 2.45) is 22.7 Å². The summed E-state index contributed by atoms with van der Waals surface area (Å²) < 4.78 is 50.8. The van der Waals surface area contributed by atoms with Crippen molar-refractivity contribution >= 4 is 86.5 Å². The Hall–Kier alpha value is -7.89. The summed E-state index contributed by atoms with van der Waals surface area (Å²) in [5.41, 5.74) is -1.64. The van der Waals surface area contributed by atoms with Crippen LogP contribution in [0, 0.1) is 22.7 Å². The second kappa shape index (κ2) is 26.6. The minimum atomic E-state index is -2.49. The van der Waals surface area contributed by atoms with E-state index in [2.05, 4.69) is 31.2 Å². The van der Waals surface area contributed by atoms with E-state index in [4.69, 9.17) is 48.6 Å². The predicted octanol–water partition coefficient (Wildman–Crippen LogP) is 7.42. The third kappa shape index (κ3) is 13.0. The number of Topliss-reactive ketones (excluding diaryl/α,β-unsaturated/α-hetero) is 1. The molecule has 11 rings (SSSR count). The number of nitrogens with one attached hydrogen (secondary N) is 1. The number of aromatic nitrogens is 4. The van der Waals surface area contributed by atoms with Crippen LogP contribution in [0.15, 0.2) is 105 Å². The van der Waals surface area contributed by atoms with Crippen molar-refractivity contribution in [2.45, 2.75) is 170 Å². The highest BCUT2D eigenvalue weighted by Gasteiger charge is 2.78. The summed E-state index contributed by atoms with van der Waals surface area (Å²) in [4.78, 5) is 118. The van der Waals surface area contributed by atoms with E-state index in [0.29, 0.717) is 60.3 Å². The van der Waals surface area contributed by atoms with Gasteiger partial charge in [0.2, 0.25) is 18.8 Å². The van der Waals surface area contributed by atoms with Crippen molar-refractivity contribution in [1.82, 2.24) is 34.6 Å². The van der Waals surface area contributed by atoms with E-state index in [1.807, 2.05) is 16.7 Å². The van der Waals surface area contributed by atoms with Crippen LogP contribution >= 0.6 is 27.7 Å². The molecule has 2 aromatic heterocycles. The number of carbonyl (C=O) groups excluding carboxylic acids is 7. The fourth-order valence-electron chi connectivity index (χ4n) is 14.4. The number of ketones is 1. The van der Waals surface area contributed by atoms with Gasteiger partial charge in [-0.15, -0.1) is 0 Å². The van der Waals surface area contributed by atoms with Crippen molar-refractivity contribution in [1.29, 1.82) is 0 Å². The third-order valence-corrected chi connectivity index (χ3v) is 21.6. The number of nitrogens with two attached hydrogens (primary N) is 1. The van der Waals surface area contributed by atoms with E-state index in [1.54, 1.807) is 74.2 Å². The van der Waals surface area contributed by atoms with Gasteiger partial charge in [-0.3, -0.25) is 14.4 Å². The van der Waals surface area contributed by atoms with Crippen LogP contribution in [0.5, 0.6) is 11.5 Å². The first-order valence-corrected chi connectivity index (χ1v) is 33.2. The van der Waals surface area contributed by atoms with Gasteiger partial charge in [-0.2, -0.15) is 0 Å². The Bertz CT molecular complexity index is 3840. The Morgan fingerprint density at radius 3 is 2.28 bits per heavy atom. The molecule has 4 fully saturated rings. The number of nitrogens with zero attached hydrogens (tertiary/aromatic N) is 6. The highest BCUT2D eigenvalue weighted by molar-refractivity contribution is 9.10. The molecule has 0 unspecified atom stereocenters. The fourth-order valence-corrected chi connectivity index (χ4v) is 16.0. The average Bonchev–Trinajstić information content (AvgIpc) is 0.825. The maximum Gasteiger partial charge on any atom is 0.410 e. The third-order valence-electron chi connectivity index (χ3n) is 19.6. The first-order valence-electron chi connectivity index (χ1n) is 31.5. The second-order valence-corrected chi connectivity index (χ2v) is 28.8. The molecular weight excluding hydrogens is 1320 g/mol. The number of aliphatic hydroxyl groups excluding tert-OH is 2. The van der Waals surface area contributed by atoms with E-state index in [9.17, 15) is 39.3 Å². The number of rotatable bonds is 17. The van der Waals surface area contributed by atoms with Crippen molar-refractivity contribution < 1.29 is 86.8 Å². The van der Waals surface area contributed by atoms with Gasteiger partial charge in [-0.1, -0.05) is 74.1 Å².